The highest BCUT2D eigenvalue weighted by molar-refractivity contribution is 7.20. The molecule has 15 heavy (non-hydrogen) atoms. The first-order valence-corrected chi connectivity index (χ1v) is 5.29. The molecule has 0 aliphatic heterocycles. The van der Waals surface area contributed by atoms with Crippen LogP contribution in [0.4, 0.5) is 0 Å². The van der Waals surface area contributed by atoms with E-state index in [0.29, 0.717) is 12.1 Å². The van der Waals surface area contributed by atoms with Crippen LogP contribution in [0.15, 0.2) is 18.2 Å². The van der Waals surface area contributed by atoms with Crippen LogP contribution in [-0.2, 0) is 0 Å². The normalized spacial score (nSPS) is 10.5. The van der Waals surface area contributed by atoms with Crippen molar-refractivity contribution in [3.8, 4) is 5.75 Å². The van der Waals surface area contributed by atoms with Crippen LogP contribution in [-0.4, -0.2) is 22.7 Å². The second-order valence-corrected chi connectivity index (χ2v) is 3.92. The lowest BCUT2D eigenvalue weighted by Crippen LogP contribution is -1.93. The van der Waals surface area contributed by atoms with Gasteiger partial charge in [-0.25, -0.2) is 9.78 Å². The summed E-state index contributed by atoms with van der Waals surface area (Å²) >= 11 is 1.15. The third kappa shape index (κ3) is 1.92. The number of carbonyl (C=O) groups is 1. The Balaban J connectivity index is 2.47. The Bertz CT molecular complexity index is 506. The molecule has 78 valence electrons. The summed E-state index contributed by atoms with van der Waals surface area (Å²) in [6, 6.07) is 5.36. The number of carboxylic acids is 1. The van der Waals surface area contributed by atoms with Crippen LogP contribution in [0.25, 0.3) is 10.2 Å². The third-order valence-corrected chi connectivity index (χ3v) is 2.86. The van der Waals surface area contributed by atoms with Crippen molar-refractivity contribution in [2.24, 2.45) is 0 Å². The fraction of sp³-hybridized carbons (Fsp3) is 0.200. The van der Waals surface area contributed by atoms with Crippen LogP contribution in [0.2, 0.25) is 0 Å². The van der Waals surface area contributed by atoms with Crippen molar-refractivity contribution in [1.29, 1.82) is 0 Å². The summed E-state index contributed by atoms with van der Waals surface area (Å²) in [5.41, 5.74) is 0.695. The van der Waals surface area contributed by atoms with Gasteiger partial charge < -0.3 is 9.84 Å². The lowest BCUT2D eigenvalue weighted by Gasteiger charge is -2.00. The van der Waals surface area contributed by atoms with Crippen molar-refractivity contribution in [3.63, 3.8) is 0 Å². The molecule has 0 fully saturated rings. The Morgan fingerprint density at radius 2 is 2.40 bits per heavy atom. The highest BCUT2D eigenvalue weighted by Gasteiger charge is 2.10. The molecule has 0 amide bonds. The largest absolute Gasteiger partial charge is 0.494 e. The summed E-state index contributed by atoms with van der Waals surface area (Å²) < 4.78 is 6.15. The predicted molar refractivity (Wildman–Crippen MR) is 57.7 cm³/mol. The zero-order valence-electron chi connectivity index (χ0n) is 8.06. The van der Waals surface area contributed by atoms with E-state index in [1.54, 1.807) is 12.1 Å². The molecular weight excluding hydrogens is 214 g/mol. The van der Waals surface area contributed by atoms with Gasteiger partial charge in [-0.05, 0) is 25.1 Å². The number of hydrogen-bond donors (Lipinski definition) is 1. The number of nitrogens with zero attached hydrogens (tertiary/aromatic N) is 1. The number of fused-ring (bicyclic) bond motifs is 1. The second-order valence-electron chi connectivity index (χ2n) is 2.89. The van der Waals surface area contributed by atoms with Gasteiger partial charge in [-0.1, -0.05) is 0 Å². The molecule has 0 unspecified atom stereocenters. The maximum atomic E-state index is 10.7. The smallest absolute Gasteiger partial charge is 0.365 e. The van der Waals surface area contributed by atoms with Crippen LogP contribution in [0.3, 0.4) is 0 Å². The van der Waals surface area contributed by atoms with E-state index >= 15 is 0 Å². The van der Waals surface area contributed by atoms with Gasteiger partial charge in [0.1, 0.15) is 5.75 Å². The van der Waals surface area contributed by atoms with Gasteiger partial charge in [0.2, 0.25) is 5.01 Å². The van der Waals surface area contributed by atoms with Gasteiger partial charge in [-0.15, -0.1) is 11.3 Å². The van der Waals surface area contributed by atoms with Crippen molar-refractivity contribution in [2.75, 3.05) is 6.61 Å². The average molecular weight is 223 g/mol. The summed E-state index contributed by atoms with van der Waals surface area (Å²) in [5, 5.41) is 8.89. The van der Waals surface area contributed by atoms with Crippen LogP contribution in [0.1, 0.15) is 16.7 Å². The first-order valence-electron chi connectivity index (χ1n) is 4.47. The average Bonchev–Trinajstić information content (AvgIpc) is 2.61. The molecule has 1 N–H and O–H groups in total. The monoisotopic (exact) mass is 223 g/mol. The molecular formula is C10H9NO3S. The molecule has 1 aromatic heterocycles. The Hall–Kier alpha value is -1.62. The first kappa shape index (κ1) is 9.92. The fourth-order valence-corrected chi connectivity index (χ4v) is 2.09. The first-order chi connectivity index (χ1) is 7.20. The number of ether oxygens (including phenoxy) is 1. The zero-order valence-corrected chi connectivity index (χ0v) is 8.87. The number of benzene rings is 1. The fourth-order valence-electron chi connectivity index (χ4n) is 1.25. The molecule has 1 aromatic carbocycles. The van der Waals surface area contributed by atoms with Crippen LogP contribution >= 0.6 is 11.3 Å². The molecule has 0 saturated heterocycles. The Morgan fingerprint density at radius 1 is 1.60 bits per heavy atom. The Morgan fingerprint density at radius 3 is 3.07 bits per heavy atom. The van der Waals surface area contributed by atoms with Gasteiger partial charge in [0, 0.05) is 0 Å². The van der Waals surface area contributed by atoms with Gasteiger partial charge in [0.05, 0.1) is 16.8 Å². The molecule has 4 nitrogen and oxygen atoms in total. The predicted octanol–water partition coefficient (Wildman–Crippen LogP) is 2.39. The molecule has 0 radical (unpaired) electrons. The summed E-state index contributed by atoms with van der Waals surface area (Å²) in [6.07, 6.45) is 0. The topological polar surface area (TPSA) is 59.4 Å². The van der Waals surface area contributed by atoms with Crippen molar-refractivity contribution < 1.29 is 14.6 Å². The van der Waals surface area contributed by atoms with Crippen LogP contribution in [0, 0.1) is 0 Å². The lowest BCUT2D eigenvalue weighted by molar-refractivity contribution is 0.0696. The van der Waals surface area contributed by atoms with E-state index in [4.69, 9.17) is 9.84 Å². The van der Waals surface area contributed by atoms with E-state index < -0.39 is 5.97 Å². The number of carboxylic acid groups (broad SMARTS) is 1. The maximum Gasteiger partial charge on any atom is 0.365 e. The van der Waals surface area contributed by atoms with Gasteiger partial charge >= 0.3 is 5.97 Å². The molecule has 0 atom stereocenters. The second kappa shape index (κ2) is 3.86. The molecule has 2 aromatic rings. The quantitative estimate of drug-likeness (QED) is 0.867. The number of thiazole rings is 1. The lowest BCUT2D eigenvalue weighted by atomic mass is 10.3. The minimum Gasteiger partial charge on any atom is -0.494 e. The van der Waals surface area contributed by atoms with Crippen molar-refractivity contribution in [3.05, 3.63) is 23.2 Å². The SMILES string of the molecule is CCOc1ccc2nc(C(=O)O)sc2c1. The molecule has 2 rings (SSSR count). The van der Waals surface area contributed by atoms with Gasteiger partial charge in [0.15, 0.2) is 0 Å². The summed E-state index contributed by atoms with van der Waals surface area (Å²) in [6.45, 7) is 2.50. The van der Waals surface area contributed by atoms with E-state index in [2.05, 4.69) is 4.98 Å². The number of aromatic carboxylic acids is 1. The van der Waals surface area contributed by atoms with E-state index in [1.165, 1.54) is 0 Å². The minimum absolute atomic E-state index is 0.110. The molecule has 0 aliphatic rings. The maximum absolute atomic E-state index is 10.7. The van der Waals surface area contributed by atoms with Crippen molar-refractivity contribution in [1.82, 2.24) is 4.98 Å². The molecule has 1 heterocycles. The molecule has 5 heteroatoms. The Labute approximate surface area is 90.1 Å². The molecule has 0 bridgehead atoms. The standard InChI is InChI=1S/C10H9NO3S/c1-2-14-6-3-4-7-8(5-6)15-9(11-7)10(12)13/h3-5H,2H2,1H3,(H,12,13). The number of aromatic nitrogens is 1. The van der Waals surface area contributed by atoms with Crippen LogP contribution < -0.4 is 4.74 Å². The van der Waals surface area contributed by atoms with E-state index in [-0.39, 0.29) is 5.01 Å². The number of rotatable bonds is 3. The van der Waals surface area contributed by atoms with Crippen molar-refractivity contribution >= 4 is 27.5 Å². The highest BCUT2D eigenvalue weighted by Crippen LogP contribution is 2.26. The molecule has 0 aliphatic carbocycles. The van der Waals surface area contributed by atoms with E-state index in [9.17, 15) is 4.79 Å². The Kier molecular flexibility index (Phi) is 2.55. The van der Waals surface area contributed by atoms with E-state index in [1.807, 2.05) is 13.0 Å². The highest BCUT2D eigenvalue weighted by atomic mass is 32.1. The molecule has 0 spiro atoms. The zero-order chi connectivity index (χ0) is 10.8. The van der Waals surface area contributed by atoms with E-state index in [0.717, 1.165) is 21.8 Å². The third-order valence-electron chi connectivity index (χ3n) is 1.85. The summed E-state index contributed by atoms with van der Waals surface area (Å²) in [7, 11) is 0. The van der Waals surface area contributed by atoms with Crippen molar-refractivity contribution in [2.45, 2.75) is 6.92 Å². The van der Waals surface area contributed by atoms with Gasteiger partial charge in [0.25, 0.3) is 0 Å². The minimum atomic E-state index is -0.992. The number of hydrogen-bond acceptors (Lipinski definition) is 4. The molecule has 0 saturated carbocycles. The summed E-state index contributed by atoms with van der Waals surface area (Å²) in [5.74, 6) is -0.250. The summed E-state index contributed by atoms with van der Waals surface area (Å²) in [4.78, 5) is 14.7. The van der Waals surface area contributed by atoms with Gasteiger partial charge in [-0.2, -0.15) is 0 Å². The van der Waals surface area contributed by atoms with Gasteiger partial charge in [-0.3, -0.25) is 0 Å². The van der Waals surface area contributed by atoms with Crippen LogP contribution in [0.5, 0.6) is 5.75 Å².